The Balaban J connectivity index is 1.55. The predicted octanol–water partition coefficient (Wildman–Crippen LogP) is 9.13. The Morgan fingerprint density at radius 1 is 0.485 bits per heavy atom. The standard InChI is InChI=1S/C31H20O2/c1-19-10-12-20(13-11-19)23-16-15-22(30-25-7-3-5-9-28(25)33-31(23)30)21-14-17-29-26(18-21)24-6-2-4-8-27(24)32-29/h2-18H,1H3. The van der Waals surface area contributed by atoms with Gasteiger partial charge in [-0.05, 0) is 53.9 Å². The van der Waals surface area contributed by atoms with Crippen LogP contribution in [0.5, 0.6) is 0 Å². The summed E-state index contributed by atoms with van der Waals surface area (Å²) in [5.74, 6) is 0. The summed E-state index contributed by atoms with van der Waals surface area (Å²) in [6.45, 7) is 2.11. The second kappa shape index (κ2) is 6.85. The maximum absolute atomic E-state index is 6.45. The number of benzene rings is 5. The average molecular weight is 424 g/mol. The predicted molar refractivity (Wildman–Crippen MR) is 137 cm³/mol. The van der Waals surface area contributed by atoms with E-state index in [9.17, 15) is 0 Å². The van der Waals surface area contributed by atoms with Crippen LogP contribution in [0.25, 0.3) is 66.1 Å². The largest absolute Gasteiger partial charge is 0.456 e. The van der Waals surface area contributed by atoms with Crippen molar-refractivity contribution in [3.63, 3.8) is 0 Å². The number of hydrogen-bond acceptors (Lipinski definition) is 2. The topological polar surface area (TPSA) is 26.3 Å². The molecule has 0 spiro atoms. The van der Waals surface area contributed by atoms with Crippen molar-refractivity contribution < 1.29 is 8.83 Å². The third kappa shape index (κ3) is 2.74. The van der Waals surface area contributed by atoms with Gasteiger partial charge >= 0.3 is 0 Å². The van der Waals surface area contributed by atoms with Crippen LogP contribution in [0.15, 0.2) is 112 Å². The molecule has 0 fully saturated rings. The Bertz CT molecular complexity index is 1810. The van der Waals surface area contributed by atoms with Crippen molar-refractivity contribution in [1.29, 1.82) is 0 Å². The van der Waals surface area contributed by atoms with E-state index in [4.69, 9.17) is 8.83 Å². The maximum atomic E-state index is 6.45. The summed E-state index contributed by atoms with van der Waals surface area (Å²) < 4.78 is 12.5. The van der Waals surface area contributed by atoms with Gasteiger partial charge in [-0.25, -0.2) is 0 Å². The molecule has 0 amide bonds. The third-order valence-electron chi connectivity index (χ3n) is 6.58. The zero-order valence-corrected chi connectivity index (χ0v) is 18.1. The fourth-order valence-electron chi connectivity index (χ4n) is 4.92. The van der Waals surface area contributed by atoms with Crippen LogP contribution >= 0.6 is 0 Å². The van der Waals surface area contributed by atoms with Crippen molar-refractivity contribution in [3.8, 4) is 22.3 Å². The van der Waals surface area contributed by atoms with E-state index >= 15 is 0 Å². The Kier molecular flexibility index (Phi) is 3.80. The molecule has 5 aromatic carbocycles. The van der Waals surface area contributed by atoms with Gasteiger partial charge in [-0.1, -0.05) is 78.4 Å². The summed E-state index contributed by atoms with van der Waals surface area (Å²) in [6, 6.07) is 36.0. The summed E-state index contributed by atoms with van der Waals surface area (Å²) in [6.07, 6.45) is 0. The summed E-state index contributed by atoms with van der Waals surface area (Å²) in [5.41, 5.74) is 9.49. The molecular weight excluding hydrogens is 404 g/mol. The molecule has 0 aliphatic rings. The fourth-order valence-corrected chi connectivity index (χ4v) is 4.92. The molecular formula is C31H20O2. The van der Waals surface area contributed by atoms with Crippen LogP contribution in [0.2, 0.25) is 0 Å². The Labute approximate surface area is 190 Å². The fraction of sp³-hybridized carbons (Fsp3) is 0.0323. The van der Waals surface area contributed by atoms with E-state index in [0.29, 0.717) is 0 Å². The molecule has 7 rings (SSSR count). The zero-order valence-electron chi connectivity index (χ0n) is 18.1. The molecule has 2 nitrogen and oxygen atoms in total. The van der Waals surface area contributed by atoms with E-state index in [0.717, 1.165) is 66.1 Å². The highest BCUT2D eigenvalue weighted by Crippen LogP contribution is 2.42. The van der Waals surface area contributed by atoms with Crippen LogP contribution in [0.1, 0.15) is 5.56 Å². The molecule has 0 aliphatic carbocycles. The van der Waals surface area contributed by atoms with Crippen molar-refractivity contribution in [3.05, 3.63) is 109 Å². The molecule has 0 saturated carbocycles. The van der Waals surface area contributed by atoms with E-state index in [1.807, 2.05) is 24.3 Å². The quantitative estimate of drug-likeness (QED) is 0.276. The Morgan fingerprint density at radius 2 is 1.12 bits per heavy atom. The molecule has 0 unspecified atom stereocenters. The van der Waals surface area contributed by atoms with Crippen molar-refractivity contribution in [1.82, 2.24) is 0 Å². The molecule has 0 saturated heterocycles. The molecule has 7 aromatic rings. The minimum absolute atomic E-state index is 0.906. The Morgan fingerprint density at radius 3 is 1.94 bits per heavy atom. The van der Waals surface area contributed by atoms with Crippen LogP contribution in [-0.2, 0) is 0 Å². The molecule has 0 aliphatic heterocycles. The molecule has 33 heavy (non-hydrogen) atoms. The van der Waals surface area contributed by atoms with Gasteiger partial charge in [0.05, 0.1) is 0 Å². The first-order valence-corrected chi connectivity index (χ1v) is 11.2. The van der Waals surface area contributed by atoms with Gasteiger partial charge in [0.25, 0.3) is 0 Å². The van der Waals surface area contributed by atoms with Crippen LogP contribution in [0, 0.1) is 6.92 Å². The lowest BCUT2D eigenvalue weighted by atomic mass is 9.94. The van der Waals surface area contributed by atoms with E-state index < -0.39 is 0 Å². The summed E-state index contributed by atoms with van der Waals surface area (Å²) in [5, 5.41) is 4.55. The second-order valence-corrected chi connectivity index (χ2v) is 8.64. The first kappa shape index (κ1) is 18.3. The molecule has 0 radical (unpaired) electrons. The highest BCUT2D eigenvalue weighted by molar-refractivity contribution is 6.17. The number of aryl methyl sites for hydroxylation is 1. The van der Waals surface area contributed by atoms with Crippen molar-refractivity contribution >= 4 is 43.9 Å². The van der Waals surface area contributed by atoms with Gasteiger partial charge < -0.3 is 8.83 Å². The zero-order chi connectivity index (χ0) is 21.9. The lowest BCUT2D eigenvalue weighted by Crippen LogP contribution is -1.84. The van der Waals surface area contributed by atoms with Gasteiger partial charge in [0, 0.05) is 27.1 Å². The number of rotatable bonds is 2. The molecule has 2 heterocycles. The van der Waals surface area contributed by atoms with Crippen LogP contribution in [0.4, 0.5) is 0 Å². The molecule has 2 heteroatoms. The van der Waals surface area contributed by atoms with E-state index in [1.165, 1.54) is 5.56 Å². The lowest BCUT2D eigenvalue weighted by molar-refractivity contribution is 0.669. The van der Waals surface area contributed by atoms with E-state index in [-0.39, 0.29) is 0 Å². The highest BCUT2D eigenvalue weighted by atomic mass is 16.3. The summed E-state index contributed by atoms with van der Waals surface area (Å²) >= 11 is 0. The lowest BCUT2D eigenvalue weighted by Gasteiger charge is -2.09. The van der Waals surface area contributed by atoms with Crippen LogP contribution < -0.4 is 0 Å². The molecule has 0 N–H and O–H groups in total. The SMILES string of the molecule is Cc1ccc(-c2ccc(-c3ccc4oc5ccccc5c4c3)c3c2oc2ccccc23)cc1. The highest BCUT2D eigenvalue weighted by Gasteiger charge is 2.18. The van der Waals surface area contributed by atoms with Gasteiger partial charge in [0.1, 0.15) is 22.3 Å². The summed E-state index contributed by atoms with van der Waals surface area (Å²) in [4.78, 5) is 0. The first-order valence-electron chi connectivity index (χ1n) is 11.2. The first-order chi connectivity index (χ1) is 16.3. The van der Waals surface area contributed by atoms with Gasteiger partial charge in [-0.3, -0.25) is 0 Å². The Hall–Kier alpha value is -4.30. The minimum atomic E-state index is 0.906. The number of fused-ring (bicyclic) bond motifs is 6. The van der Waals surface area contributed by atoms with Crippen molar-refractivity contribution in [2.45, 2.75) is 6.92 Å². The van der Waals surface area contributed by atoms with Crippen LogP contribution in [-0.4, -0.2) is 0 Å². The minimum Gasteiger partial charge on any atom is -0.456 e. The molecule has 0 atom stereocenters. The number of hydrogen-bond donors (Lipinski definition) is 0. The van der Waals surface area contributed by atoms with Crippen molar-refractivity contribution in [2.75, 3.05) is 0 Å². The molecule has 0 bridgehead atoms. The molecule has 2 aromatic heterocycles. The maximum Gasteiger partial charge on any atom is 0.143 e. The number of furan rings is 2. The van der Waals surface area contributed by atoms with Crippen molar-refractivity contribution in [2.24, 2.45) is 0 Å². The smallest absolute Gasteiger partial charge is 0.143 e. The van der Waals surface area contributed by atoms with Gasteiger partial charge in [-0.2, -0.15) is 0 Å². The molecule has 156 valence electrons. The van der Waals surface area contributed by atoms with Gasteiger partial charge in [0.15, 0.2) is 0 Å². The van der Waals surface area contributed by atoms with E-state index in [1.54, 1.807) is 0 Å². The summed E-state index contributed by atoms with van der Waals surface area (Å²) in [7, 11) is 0. The third-order valence-corrected chi connectivity index (χ3v) is 6.58. The van der Waals surface area contributed by atoms with E-state index in [2.05, 4.69) is 85.8 Å². The number of para-hydroxylation sites is 2. The van der Waals surface area contributed by atoms with Gasteiger partial charge in [0.2, 0.25) is 0 Å². The normalized spacial score (nSPS) is 11.8. The second-order valence-electron chi connectivity index (χ2n) is 8.64. The monoisotopic (exact) mass is 424 g/mol. The van der Waals surface area contributed by atoms with Gasteiger partial charge in [-0.15, -0.1) is 0 Å². The van der Waals surface area contributed by atoms with Crippen LogP contribution in [0.3, 0.4) is 0 Å². The average Bonchev–Trinajstić information content (AvgIpc) is 3.42.